The molecule has 6 heteroatoms. The molecule has 0 radical (unpaired) electrons. The third kappa shape index (κ3) is 5.00. The second kappa shape index (κ2) is 6.92. The van der Waals surface area contributed by atoms with E-state index in [1.807, 2.05) is 27.7 Å². The molecule has 0 bridgehead atoms. The van der Waals surface area contributed by atoms with Crippen molar-refractivity contribution in [2.75, 3.05) is 33.4 Å². The normalized spacial score (nSPS) is 19.1. The van der Waals surface area contributed by atoms with Crippen molar-refractivity contribution >= 4 is 12.0 Å². The van der Waals surface area contributed by atoms with E-state index >= 15 is 0 Å². The first kappa shape index (κ1) is 16.8. The van der Waals surface area contributed by atoms with E-state index in [0.717, 1.165) is 6.42 Å². The van der Waals surface area contributed by atoms with E-state index in [1.54, 1.807) is 16.8 Å². The summed E-state index contributed by atoms with van der Waals surface area (Å²) in [6, 6.07) is 0.0375. The van der Waals surface area contributed by atoms with Gasteiger partial charge < -0.3 is 19.3 Å². The molecule has 1 saturated heterocycles. The van der Waals surface area contributed by atoms with Crippen LogP contribution in [0.2, 0.25) is 0 Å². The Morgan fingerprint density at radius 1 is 1.35 bits per heavy atom. The van der Waals surface area contributed by atoms with E-state index in [1.165, 1.54) is 0 Å². The number of carbonyl (C=O) groups excluding carboxylic acids is 2. The molecule has 116 valence electrons. The van der Waals surface area contributed by atoms with Gasteiger partial charge in [0, 0.05) is 26.7 Å². The molecule has 0 saturated carbocycles. The summed E-state index contributed by atoms with van der Waals surface area (Å²) in [5.41, 5.74) is -0.494. The van der Waals surface area contributed by atoms with Crippen LogP contribution in [-0.2, 0) is 14.3 Å². The maximum Gasteiger partial charge on any atom is 0.410 e. The van der Waals surface area contributed by atoms with Crippen LogP contribution < -0.4 is 0 Å². The van der Waals surface area contributed by atoms with E-state index in [4.69, 9.17) is 9.47 Å². The molecule has 1 aliphatic heterocycles. The third-order valence-electron chi connectivity index (χ3n) is 3.19. The van der Waals surface area contributed by atoms with Gasteiger partial charge in [-0.1, -0.05) is 0 Å². The van der Waals surface area contributed by atoms with E-state index in [0.29, 0.717) is 19.7 Å². The van der Waals surface area contributed by atoms with Gasteiger partial charge in [0.25, 0.3) is 0 Å². The number of ether oxygens (including phenoxy) is 2. The molecule has 1 unspecified atom stereocenters. The van der Waals surface area contributed by atoms with Crippen molar-refractivity contribution in [1.29, 1.82) is 0 Å². The van der Waals surface area contributed by atoms with Crippen LogP contribution in [0, 0.1) is 0 Å². The summed E-state index contributed by atoms with van der Waals surface area (Å²) in [6.07, 6.45) is 0.457. The molecule has 1 atom stereocenters. The van der Waals surface area contributed by atoms with Crippen LogP contribution in [0.15, 0.2) is 0 Å². The third-order valence-corrected chi connectivity index (χ3v) is 3.19. The summed E-state index contributed by atoms with van der Waals surface area (Å²) in [5, 5.41) is 0. The van der Waals surface area contributed by atoms with Gasteiger partial charge in [-0.2, -0.15) is 0 Å². The number of nitrogens with zero attached hydrogens (tertiary/aromatic N) is 2. The maximum atomic E-state index is 11.9. The van der Waals surface area contributed by atoms with Crippen molar-refractivity contribution in [3.8, 4) is 0 Å². The highest BCUT2D eigenvalue weighted by Crippen LogP contribution is 2.18. The van der Waals surface area contributed by atoms with Gasteiger partial charge in [0.1, 0.15) is 12.2 Å². The van der Waals surface area contributed by atoms with Gasteiger partial charge in [-0.3, -0.25) is 4.79 Å². The van der Waals surface area contributed by atoms with Crippen molar-refractivity contribution in [3.05, 3.63) is 0 Å². The SMILES string of the molecule is CCOCC(=O)N(C)C1CCN(C(=O)OC(C)(C)C)C1. The van der Waals surface area contributed by atoms with Crippen LogP contribution >= 0.6 is 0 Å². The van der Waals surface area contributed by atoms with Crippen LogP contribution in [-0.4, -0.2) is 66.8 Å². The monoisotopic (exact) mass is 286 g/mol. The summed E-state index contributed by atoms with van der Waals surface area (Å²) in [4.78, 5) is 27.1. The average Bonchev–Trinajstić information content (AvgIpc) is 2.82. The highest BCUT2D eigenvalue weighted by Gasteiger charge is 2.33. The topological polar surface area (TPSA) is 59.1 Å². The Bertz CT molecular complexity index is 352. The van der Waals surface area contributed by atoms with E-state index in [2.05, 4.69) is 0 Å². The number of likely N-dealkylation sites (tertiary alicyclic amines) is 1. The molecule has 0 spiro atoms. The zero-order chi connectivity index (χ0) is 15.3. The quantitative estimate of drug-likeness (QED) is 0.785. The molecule has 1 rings (SSSR count). The molecule has 0 aliphatic carbocycles. The number of hydrogen-bond acceptors (Lipinski definition) is 4. The maximum absolute atomic E-state index is 11.9. The molecule has 2 amide bonds. The molecule has 1 aliphatic rings. The number of amides is 2. The van der Waals surface area contributed by atoms with Crippen LogP contribution in [0.4, 0.5) is 4.79 Å². The molecule has 1 heterocycles. The Morgan fingerprint density at radius 2 is 2.00 bits per heavy atom. The molecule has 0 aromatic rings. The van der Waals surface area contributed by atoms with Gasteiger partial charge in [0.2, 0.25) is 5.91 Å². The van der Waals surface area contributed by atoms with Crippen LogP contribution in [0.3, 0.4) is 0 Å². The van der Waals surface area contributed by atoms with Crippen molar-refractivity contribution in [2.24, 2.45) is 0 Å². The molecule has 0 N–H and O–H groups in total. The zero-order valence-electron chi connectivity index (χ0n) is 13.1. The van der Waals surface area contributed by atoms with Crippen LogP contribution in [0.5, 0.6) is 0 Å². The zero-order valence-corrected chi connectivity index (χ0v) is 13.1. The molecular weight excluding hydrogens is 260 g/mol. The van der Waals surface area contributed by atoms with Crippen molar-refractivity contribution in [1.82, 2.24) is 9.80 Å². The summed E-state index contributed by atoms with van der Waals surface area (Å²) >= 11 is 0. The lowest BCUT2D eigenvalue weighted by molar-refractivity contribution is -0.136. The smallest absolute Gasteiger partial charge is 0.410 e. The van der Waals surface area contributed by atoms with Crippen molar-refractivity contribution < 1.29 is 19.1 Å². The summed E-state index contributed by atoms with van der Waals surface area (Å²) in [6.45, 7) is 9.13. The Labute approximate surface area is 121 Å². The Hall–Kier alpha value is -1.30. The first-order valence-electron chi connectivity index (χ1n) is 7.06. The highest BCUT2D eigenvalue weighted by molar-refractivity contribution is 5.77. The molecule has 1 fully saturated rings. The Morgan fingerprint density at radius 3 is 2.55 bits per heavy atom. The first-order chi connectivity index (χ1) is 9.24. The van der Waals surface area contributed by atoms with Crippen molar-refractivity contribution in [2.45, 2.75) is 45.8 Å². The fourth-order valence-electron chi connectivity index (χ4n) is 2.05. The van der Waals surface area contributed by atoms with Crippen molar-refractivity contribution in [3.63, 3.8) is 0 Å². The minimum atomic E-state index is -0.494. The van der Waals surface area contributed by atoms with Crippen LogP contribution in [0.1, 0.15) is 34.1 Å². The minimum absolute atomic E-state index is 0.0375. The average molecular weight is 286 g/mol. The molecule has 6 nitrogen and oxygen atoms in total. The molecule has 0 aromatic carbocycles. The molecular formula is C14H26N2O4. The lowest BCUT2D eigenvalue weighted by Gasteiger charge is -2.26. The Balaban J connectivity index is 2.46. The van der Waals surface area contributed by atoms with Gasteiger partial charge in [0.15, 0.2) is 0 Å². The van der Waals surface area contributed by atoms with E-state index < -0.39 is 5.60 Å². The van der Waals surface area contributed by atoms with Crippen LogP contribution in [0.25, 0.3) is 0 Å². The fourth-order valence-corrected chi connectivity index (χ4v) is 2.05. The van der Waals surface area contributed by atoms with E-state index in [-0.39, 0.29) is 24.6 Å². The summed E-state index contributed by atoms with van der Waals surface area (Å²) in [7, 11) is 1.75. The minimum Gasteiger partial charge on any atom is -0.444 e. The number of hydrogen-bond donors (Lipinski definition) is 0. The predicted molar refractivity (Wildman–Crippen MR) is 75.5 cm³/mol. The molecule has 0 aromatic heterocycles. The second-order valence-electron chi connectivity index (χ2n) is 6.01. The largest absolute Gasteiger partial charge is 0.444 e. The lowest BCUT2D eigenvalue weighted by Crippen LogP contribution is -2.42. The van der Waals surface area contributed by atoms with Gasteiger partial charge >= 0.3 is 6.09 Å². The summed E-state index contributed by atoms with van der Waals surface area (Å²) < 4.78 is 10.5. The Kier molecular flexibility index (Phi) is 5.80. The second-order valence-corrected chi connectivity index (χ2v) is 6.01. The van der Waals surface area contributed by atoms with E-state index in [9.17, 15) is 9.59 Å². The highest BCUT2D eigenvalue weighted by atomic mass is 16.6. The molecule has 20 heavy (non-hydrogen) atoms. The fraction of sp³-hybridized carbons (Fsp3) is 0.857. The van der Waals surface area contributed by atoms with Gasteiger partial charge in [-0.05, 0) is 34.1 Å². The number of likely N-dealkylation sites (N-methyl/N-ethyl adjacent to an activating group) is 1. The first-order valence-corrected chi connectivity index (χ1v) is 7.06. The van der Waals surface area contributed by atoms with Gasteiger partial charge in [0.05, 0.1) is 6.04 Å². The number of carbonyl (C=O) groups is 2. The standard InChI is InChI=1S/C14H26N2O4/c1-6-19-10-12(17)15(5)11-7-8-16(9-11)13(18)20-14(2,3)4/h11H,6-10H2,1-5H3. The lowest BCUT2D eigenvalue weighted by atomic mass is 10.2. The van der Waals surface area contributed by atoms with Gasteiger partial charge in [-0.15, -0.1) is 0 Å². The number of rotatable bonds is 4. The predicted octanol–water partition coefficient (Wildman–Crippen LogP) is 1.49. The summed E-state index contributed by atoms with van der Waals surface area (Å²) in [5.74, 6) is -0.0529. The van der Waals surface area contributed by atoms with Gasteiger partial charge in [-0.25, -0.2) is 4.79 Å².